The summed E-state index contributed by atoms with van der Waals surface area (Å²) in [5.74, 6) is 0. The molecule has 1 saturated heterocycles. The number of nitrogens with one attached hydrogen (secondary N) is 1. The third kappa shape index (κ3) is 13.1. The number of urea groups is 1. The van der Waals surface area contributed by atoms with Crippen molar-refractivity contribution in [2.24, 2.45) is 0 Å². The second kappa shape index (κ2) is 13.4. The van der Waals surface area contributed by atoms with Crippen LogP contribution in [0.4, 0.5) is 4.79 Å². The molecule has 1 aromatic rings. The molecule has 25 heavy (non-hydrogen) atoms. The molecular formula is C18H32N2O4S. The van der Waals surface area contributed by atoms with Crippen molar-refractivity contribution in [3.63, 3.8) is 0 Å². The Morgan fingerprint density at radius 1 is 1.08 bits per heavy atom. The summed E-state index contributed by atoms with van der Waals surface area (Å²) in [5.41, 5.74) is 0. The van der Waals surface area contributed by atoms with Gasteiger partial charge >= 0.3 is 6.03 Å². The van der Waals surface area contributed by atoms with E-state index in [0.29, 0.717) is 0 Å². The highest BCUT2D eigenvalue weighted by atomic mass is 32.2. The van der Waals surface area contributed by atoms with E-state index in [0.717, 1.165) is 44.7 Å². The number of piperidine rings is 1. The number of likely N-dealkylation sites (tertiary alicyclic amines) is 1. The minimum absolute atomic E-state index is 0. The zero-order valence-electron chi connectivity index (χ0n) is 15.3. The number of carbonyl (C=O) groups excluding carboxylic acids is 1. The van der Waals surface area contributed by atoms with Gasteiger partial charge in [0.05, 0.1) is 0 Å². The first-order valence-electron chi connectivity index (χ1n) is 8.27. The molecule has 1 heterocycles. The second-order valence-corrected chi connectivity index (χ2v) is 7.53. The highest BCUT2D eigenvalue weighted by molar-refractivity contribution is 7.93. The summed E-state index contributed by atoms with van der Waals surface area (Å²) in [7, 11) is -2.13. The summed E-state index contributed by atoms with van der Waals surface area (Å²) >= 11 is 0. The van der Waals surface area contributed by atoms with Crippen LogP contribution in [0.1, 0.15) is 27.6 Å². The van der Waals surface area contributed by atoms with Crippen molar-refractivity contribution < 1.29 is 19.7 Å². The lowest BCUT2D eigenvalue weighted by atomic mass is 10.1. The number of aliphatic hydroxyl groups is 1. The summed E-state index contributed by atoms with van der Waals surface area (Å²) in [6.45, 7) is 3.33. The van der Waals surface area contributed by atoms with Crippen LogP contribution in [0.5, 0.6) is 0 Å². The van der Waals surface area contributed by atoms with Gasteiger partial charge in [0.25, 0.3) is 0 Å². The fraction of sp³-hybridized carbons (Fsp3) is 0.500. The smallest absolute Gasteiger partial charge is 0.317 e. The number of hydrogen-bond acceptors (Lipinski definition) is 4. The summed E-state index contributed by atoms with van der Waals surface area (Å²) in [6.07, 6.45) is 5.87. The predicted octanol–water partition coefficient (Wildman–Crippen LogP) is 2.67. The number of amides is 2. The number of aliphatic hydroxyl groups excluding tert-OH is 1. The van der Waals surface area contributed by atoms with Crippen LogP contribution < -0.4 is 5.32 Å². The van der Waals surface area contributed by atoms with Crippen LogP contribution in [0.2, 0.25) is 0 Å². The molecule has 1 fully saturated rings. The lowest BCUT2D eigenvalue weighted by molar-refractivity contribution is 0.185. The maximum Gasteiger partial charge on any atom is 0.317 e. The lowest BCUT2D eigenvalue weighted by Crippen LogP contribution is -2.45. The first-order valence-corrected chi connectivity index (χ1v) is 10.2. The van der Waals surface area contributed by atoms with Gasteiger partial charge in [-0.05, 0) is 26.2 Å². The summed E-state index contributed by atoms with van der Waals surface area (Å²) in [4.78, 5) is 13.5. The van der Waals surface area contributed by atoms with Crippen LogP contribution in [0, 0.1) is 0 Å². The standard InChI is InChI=1S/C11H20N2O3S.C6H6.CH4O.H2/c1-10(6-9-17(2,15)16)12-11(14)13-7-4-3-5-8-13;1-2-4-6-5-3-1;1-2;/h6,9-10H,3-5,7-8H2,1-2H3,(H,12,14);1-6H;2H,1H3;1H/b9-6+;;;/t10-;;;/m0.../s1. The van der Waals surface area contributed by atoms with Crippen molar-refractivity contribution in [1.29, 1.82) is 0 Å². The Kier molecular flexibility index (Phi) is 12.4. The van der Waals surface area contributed by atoms with Gasteiger partial charge in [-0.1, -0.05) is 42.5 Å². The van der Waals surface area contributed by atoms with Crippen molar-refractivity contribution in [2.45, 2.75) is 32.2 Å². The van der Waals surface area contributed by atoms with E-state index < -0.39 is 9.84 Å². The van der Waals surface area contributed by atoms with E-state index in [2.05, 4.69) is 5.32 Å². The van der Waals surface area contributed by atoms with Crippen molar-refractivity contribution in [3.8, 4) is 0 Å². The molecule has 1 aliphatic heterocycles. The summed E-state index contributed by atoms with van der Waals surface area (Å²) < 4.78 is 21.8. The normalized spacial score (nSPS) is 15.3. The molecule has 1 atom stereocenters. The Balaban J connectivity index is 0. The fourth-order valence-electron chi connectivity index (χ4n) is 2.08. The number of rotatable bonds is 3. The number of nitrogens with zero attached hydrogens (tertiary/aromatic N) is 1. The predicted molar refractivity (Wildman–Crippen MR) is 104 cm³/mol. The van der Waals surface area contributed by atoms with Gasteiger partial charge in [-0.2, -0.15) is 0 Å². The molecule has 7 heteroatoms. The molecule has 6 nitrogen and oxygen atoms in total. The number of carbonyl (C=O) groups is 1. The molecule has 0 saturated carbocycles. The molecule has 0 radical (unpaired) electrons. The van der Waals surface area contributed by atoms with Crippen LogP contribution in [0.3, 0.4) is 0 Å². The first kappa shape index (κ1) is 23.1. The van der Waals surface area contributed by atoms with Gasteiger partial charge in [0.15, 0.2) is 9.84 Å². The summed E-state index contributed by atoms with van der Waals surface area (Å²) in [6, 6.07) is 11.6. The Morgan fingerprint density at radius 3 is 1.92 bits per heavy atom. The van der Waals surface area contributed by atoms with Crippen molar-refractivity contribution in [3.05, 3.63) is 47.9 Å². The number of hydrogen-bond donors (Lipinski definition) is 2. The minimum Gasteiger partial charge on any atom is -0.400 e. The largest absolute Gasteiger partial charge is 0.400 e. The van der Waals surface area contributed by atoms with E-state index in [1.165, 1.54) is 12.5 Å². The molecular weight excluding hydrogens is 340 g/mol. The van der Waals surface area contributed by atoms with E-state index in [4.69, 9.17) is 5.11 Å². The molecule has 144 valence electrons. The van der Waals surface area contributed by atoms with Crippen LogP contribution >= 0.6 is 0 Å². The minimum atomic E-state index is -3.13. The Bertz CT molecular complexity index is 562. The Labute approximate surface area is 153 Å². The zero-order valence-corrected chi connectivity index (χ0v) is 16.1. The van der Waals surface area contributed by atoms with Gasteiger partial charge in [-0.25, -0.2) is 13.2 Å². The molecule has 0 unspecified atom stereocenters. The zero-order chi connectivity index (χ0) is 19.1. The van der Waals surface area contributed by atoms with Crippen LogP contribution in [-0.4, -0.2) is 57.0 Å². The number of benzene rings is 1. The van der Waals surface area contributed by atoms with Crippen molar-refractivity contribution >= 4 is 15.9 Å². The van der Waals surface area contributed by atoms with E-state index in [9.17, 15) is 13.2 Å². The highest BCUT2D eigenvalue weighted by Gasteiger charge is 2.16. The molecule has 2 N–H and O–H groups in total. The van der Waals surface area contributed by atoms with E-state index in [1.807, 2.05) is 36.4 Å². The topological polar surface area (TPSA) is 86.7 Å². The molecule has 0 aromatic heterocycles. The van der Waals surface area contributed by atoms with Gasteiger partial charge < -0.3 is 15.3 Å². The van der Waals surface area contributed by atoms with Crippen LogP contribution in [0.25, 0.3) is 0 Å². The van der Waals surface area contributed by atoms with Gasteiger partial charge in [-0.3, -0.25) is 0 Å². The molecule has 1 aromatic carbocycles. The number of sulfone groups is 1. The average Bonchev–Trinajstić information content (AvgIpc) is 2.64. The maximum absolute atomic E-state index is 11.8. The van der Waals surface area contributed by atoms with Crippen LogP contribution in [0.15, 0.2) is 47.9 Å². The van der Waals surface area contributed by atoms with Crippen molar-refractivity contribution in [1.82, 2.24) is 10.2 Å². The van der Waals surface area contributed by atoms with Gasteiger partial charge in [0.2, 0.25) is 0 Å². The monoisotopic (exact) mass is 372 g/mol. The highest BCUT2D eigenvalue weighted by Crippen LogP contribution is 2.08. The maximum atomic E-state index is 11.8. The molecule has 0 bridgehead atoms. The Morgan fingerprint density at radius 2 is 1.52 bits per heavy atom. The third-order valence-electron chi connectivity index (χ3n) is 3.28. The third-order valence-corrected chi connectivity index (χ3v) is 3.93. The first-order chi connectivity index (χ1) is 11.9. The molecule has 2 amide bonds. The van der Waals surface area contributed by atoms with Gasteiger partial charge in [0.1, 0.15) is 0 Å². The molecule has 2 rings (SSSR count). The summed E-state index contributed by atoms with van der Waals surface area (Å²) in [5, 5.41) is 10.9. The molecule has 0 aliphatic carbocycles. The van der Waals surface area contributed by atoms with Crippen LogP contribution in [-0.2, 0) is 9.84 Å². The van der Waals surface area contributed by atoms with E-state index in [-0.39, 0.29) is 13.5 Å². The van der Waals surface area contributed by atoms with Gasteiger partial charge in [-0.15, -0.1) is 0 Å². The lowest BCUT2D eigenvalue weighted by Gasteiger charge is -2.27. The van der Waals surface area contributed by atoms with E-state index >= 15 is 0 Å². The van der Waals surface area contributed by atoms with Gasteiger partial charge in [0, 0.05) is 39.3 Å². The molecule has 0 spiro atoms. The van der Waals surface area contributed by atoms with Crippen molar-refractivity contribution in [2.75, 3.05) is 26.5 Å². The van der Waals surface area contributed by atoms with E-state index in [1.54, 1.807) is 11.8 Å². The second-order valence-electron chi connectivity index (χ2n) is 5.60. The molecule has 1 aliphatic rings. The quantitative estimate of drug-likeness (QED) is 0.854. The average molecular weight is 373 g/mol. The fourth-order valence-corrected chi connectivity index (χ4v) is 2.60. The Hall–Kier alpha value is -1.86. The SMILES string of the molecule is CO.C[C@@H](/C=C/S(C)(=O)=O)NC(=O)N1CCCCC1.[HH].c1ccccc1.